The number of urea groups is 1. The molecule has 0 aliphatic carbocycles. The van der Waals surface area contributed by atoms with E-state index in [1.807, 2.05) is 0 Å². The third-order valence-electron chi connectivity index (χ3n) is 1.92. The molecule has 0 aromatic heterocycles. The van der Waals surface area contributed by atoms with Crippen LogP contribution in [0, 0.1) is 0 Å². The van der Waals surface area contributed by atoms with Crippen molar-refractivity contribution in [2.24, 2.45) is 0 Å². The monoisotopic (exact) mass is 285 g/mol. The predicted molar refractivity (Wildman–Crippen MR) is 70.6 cm³/mol. The van der Waals surface area contributed by atoms with Gasteiger partial charge in [-0.05, 0) is 6.92 Å². The van der Waals surface area contributed by atoms with Crippen LogP contribution in [0.1, 0.15) is 20.3 Å². The Morgan fingerprint density at radius 3 is 2.20 bits per heavy atom. The summed E-state index contributed by atoms with van der Waals surface area (Å²) < 4.78 is 4.76. The second-order valence-electron chi connectivity index (χ2n) is 3.95. The number of carbonyl (C=O) groups excluding carboxylic acids is 4. The zero-order valence-electron chi connectivity index (χ0n) is 11.6. The summed E-state index contributed by atoms with van der Waals surface area (Å²) >= 11 is 0. The Labute approximate surface area is 116 Å². The molecule has 0 spiro atoms. The van der Waals surface area contributed by atoms with Crippen LogP contribution >= 0.6 is 0 Å². The number of esters is 1. The fourth-order valence-electron chi connectivity index (χ4n) is 1.04. The first-order valence-corrected chi connectivity index (χ1v) is 5.97. The molecule has 0 heterocycles. The SMILES string of the molecule is C=C(C)C(=O)OCCNC(=O)NCCC(=O)NC(C)=O. The maximum Gasteiger partial charge on any atom is 0.333 e. The number of hydrogen-bond donors (Lipinski definition) is 3. The van der Waals surface area contributed by atoms with E-state index in [1.54, 1.807) is 0 Å². The van der Waals surface area contributed by atoms with Crippen molar-refractivity contribution in [3.05, 3.63) is 12.2 Å². The molecule has 8 nitrogen and oxygen atoms in total. The fourth-order valence-corrected chi connectivity index (χ4v) is 1.04. The maximum atomic E-state index is 11.2. The van der Waals surface area contributed by atoms with Gasteiger partial charge < -0.3 is 15.4 Å². The molecule has 0 aromatic carbocycles. The highest BCUT2D eigenvalue weighted by Crippen LogP contribution is 1.90. The molecule has 0 atom stereocenters. The van der Waals surface area contributed by atoms with Crippen molar-refractivity contribution in [1.29, 1.82) is 0 Å². The molecule has 0 unspecified atom stereocenters. The molecule has 0 radical (unpaired) electrons. The van der Waals surface area contributed by atoms with E-state index in [1.165, 1.54) is 13.8 Å². The predicted octanol–water partition coefficient (Wildman–Crippen LogP) is -0.542. The van der Waals surface area contributed by atoms with Crippen LogP contribution in [0.4, 0.5) is 4.79 Å². The highest BCUT2D eigenvalue weighted by Gasteiger charge is 2.06. The molecule has 0 aliphatic heterocycles. The molecule has 0 aliphatic rings. The van der Waals surface area contributed by atoms with E-state index in [2.05, 4.69) is 22.5 Å². The normalized spacial score (nSPS) is 9.30. The third-order valence-corrected chi connectivity index (χ3v) is 1.92. The van der Waals surface area contributed by atoms with Gasteiger partial charge in [-0.2, -0.15) is 0 Å². The molecular formula is C12H19N3O5. The van der Waals surface area contributed by atoms with Crippen LogP contribution in [0.2, 0.25) is 0 Å². The first-order chi connectivity index (χ1) is 9.32. The average molecular weight is 285 g/mol. The molecule has 0 saturated heterocycles. The van der Waals surface area contributed by atoms with Gasteiger partial charge in [0.15, 0.2) is 0 Å². The lowest BCUT2D eigenvalue weighted by Crippen LogP contribution is -2.39. The van der Waals surface area contributed by atoms with Gasteiger partial charge in [0.2, 0.25) is 11.8 Å². The lowest BCUT2D eigenvalue weighted by Gasteiger charge is -2.08. The molecular weight excluding hydrogens is 266 g/mol. The van der Waals surface area contributed by atoms with Crippen LogP contribution in [-0.2, 0) is 19.1 Å². The van der Waals surface area contributed by atoms with Gasteiger partial charge in [0, 0.05) is 25.5 Å². The topological polar surface area (TPSA) is 114 Å². The number of carbonyl (C=O) groups is 4. The van der Waals surface area contributed by atoms with E-state index in [0.29, 0.717) is 0 Å². The standard InChI is InChI=1S/C12H19N3O5/c1-8(2)11(18)20-7-6-14-12(19)13-5-4-10(17)15-9(3)16/h1,4-7H2,2-3H3,(H2,13,14,19)(H,15,16,17). The van der Waals surface area contributed by atoms with Crippen LogP contribution in [0.25, 0.3) is 0 Å². The van der Waals surface area contributed by atoms with Gasteiger partial charge in [0.05, 0.1) is 6.54 Å². The number of ether oxygens (including phenoxy) is 1. The minimum absolute atomic E-state index is 0.00234. The van der Waals surface area contributed by atoms with Gasteiger partial charge in [-0.15, -0.1) is 0 Å². The summed E-state index contributed by atoms with van der Waals surface area (Å²) in [6.07, 6.45) is -0.00234. The van der Waals surface area contributed by atoms with Crippen molar-refractivity contribution in [2.45, 2.75) is 20.3 Å². The minimum Gasteiger partial charge on any atom is -0.460 e. The Bertz CT molecular complexity index is 406. The molecule has 8 heteroatoms. The Morgan fingerprint density at radius 1 is 1.05 bits per heavy atom. The molecule has 0 aromatic rings. The van der Waals surface area contributed by atoms with Gasteiger partial charge in [-0.3, -0.25) is 14.9 Å². The quantitative estimate of drug-likeness (QED) is 0.330. The largest absolute Gasteiger partial charge is 0.460 e. The van der Waals surface area contributed by atoms with Crippen LogP contribution < -0.4 is 16.0 Å². The number of hydrogen-bond acceptors (Lipinski definition) is 5. The van der Waals surface area contributed by atoms with E-state index in [-0.39, 0.29) is 31.7 Å². The molecule has 0 bridgehead atoms. The number of imide groups is 1. The van der Waals surface area contributed by atoms with Gasteiger partial charge in [0.25, 0.3) is 0 Å². The number of nitrogens with one attached hydrogen (secondary N) is 3. The average Bonchev–Trinajstić information content (AvgIpc) is 2.33. The van der Waals surface area contributed by atoms with Crippen molar-refractivity contribution >= 4 is 23.8 Å². The fraction of sp³-hybridized carbons (Fsp3) is 0.500. The highest BCUT2D eigenvalue weighted by atomic mass is 16.5. The van der Waals surface area contributed by atoms with E-state index >= 15 is 0 Å². The summed E-state index contributed by atoms with van der Waals surface area (Å²) in [6.45, 7) is 6.43. The van der Waals surface area contributed by atoms with Crippen molar-refractivity contribution in [2.75, 3.05) is 19.7 Å². The summed E-state index contributed by atoms with van der Waals surface area (Å²) in [5.74, 6) is -1.43. The van der Waals surface area contributed by atoms with Crippen LogP contribution in [0.3, 0.4) is 0 Å². The smallest absolute Gasteiger partial charge is 0.333 e. The van der Waals surface area contributed by atoms with Crippen LogP contribution in [0.5, 0.6) is 0 Å². The Balaban J connectivity index is 3.60. The Kier molecular flexibility index (Phi) is 8.40. The summed E-state index contributed by atoms with van der Waals surface area (Å²) in [6, 6.07) is -0.494. The molecule has 112 valence electrons. The van der Waals surface area contributed by atoms with Gasteiger partial charge in [0.1, 0.15) is 6.61 Å². The van der Waals surface area contributed by atoms with Crippen molar-refractivity contribution < 1.29 is 23.9 Å². The molecule has 3 N–H and O–H groups in total. The zero-order chi connectivity index (χ0) is 15.5. The summed E-state index contributed by atoms with van der Waals surface area (Å²) in [4.78, 5) is 43.9. The van der Waals surface area contributed by atoms with E-state index in [9.17, 15) is 19.2 Å². The molecule has 4 amide bonds. The second-order valence-corrected chi connectivity index (χ2v) is 3.95. The summed E-state index contributed by atoms with van der Waals surface area (Å²) in [7, 11) is 0. The molecule has 0 rings (SSSR count). The molecule has 20 heavy (non-hydrogen) atoms. The second kappa shape index (κ2) is 9.54. The number of amides is 4. The first kappa shape index (κ1) is 17.6. The van der Waals surface area contributed by atoms with Gasteiger partial charge in [-0.25, -0.2) is 9.59 Å². The molecule has 0 saturated carbocycles. The van der Waals surface area contributed by atoms with Crippen LogP contribution in [0.15, 0.2) is 12.2 Å². The van der Waals surface area contributed by atoms with Crippen LogP contribution in [-0.4, -0.2) is 43.5 Å². The summed E-state index contributed by atoms with van der Waals surface area (Å²) in [5.41, 5.74) is 0.283. The van der Waals surface area contributed by atoms with E-state index in [4.69, 9.17) is 4.74 Å². The van der Waals surface area contributed by atoms with Crippen molar-refractivity contribution in [3.63, 3.8) is 0 Å². The zero-order valence-corrected chi connectivity index (χ0v) is 11.6. The number of rotatable bonds is 7. The summed E-state index contributed by atoms with van der Waals surface area (Å²) in [5, 5.41) is 6.93. The van der Waals surface area contributed by atoms with Gasteiger partial charge in [-0.1, -0.05) is 6.58 Å². The molecule has 0 fully saturated rings. The minimum atomic E-state index is -0.520. The Morgan fingerprint density at radius 2 is 1.65 bits per heavy atom. The van der Waals surface area contributed by atoms with E-state index in [0.717, 1.165) is 0 Å². The van der Waals surface area contributed by atoms with Crippen molar-refractivity contribution in [3.8, 4) is 0 Å². The van der Waals surface area contributed by atoms with Crippen molar-refractivity contribution in [1.82, 2.24) is 16.0 Å². The third kappa shape index (κ3) is 9.63. The lowest BCUT2D eigenvalue weighted by molar-refractivity contribution is -0.138. The highest BCUT2D eigenvalue weighted by molar-refractivity contribution is 5.94. The van der Waals surface area contributed by atoms with E-state index < -0.39 is 23.8 Å². The Hall–Kier alpha value is -2.38. The van der Waals surface area contributed by atoms with Gasteiger partial charge >= 0.3 is 12.0 Å². The maximum absolute atomic E-state index is 11.2. The first-order valence-electron chi connectivity index (χ1n) is 5.97. The lowest BCUT2D eigenvalue weighted by atomic mass is 10.4.